The SMILES string of the molecule is CCC1COC(c2ccc(Oc3cc(C(F)(F)F)cc(C(F)(F)F)c3)cc2)=C(C(=O)OC)C1=O. The molecular formula is C23H18F6O5. The molecule has 0 bridgehead atoms. The van der Waals surface area contributed by atoms with Crippen LogP contribution in [0.3, 0.4) is 0 Å². The summed E-state index contributed by atoms with van der Waals surface area (Å²) < 4.78 is 93.8. The highest BCUT2D eigenvalue weighted by atomic mass is 19.4. The number of ketones is 1. The third kappa shape index (κ3) is 5.35. The number of halogens is 6. The maximum atomic E-state index is 13.0. The minimum absolute atomic E-state index is 0.00222. The highest BCUT2D eigenvalue weighted by Crippen LogP contribution is 2.39. The molecule has 3 rings (SSSR count). The van der Waals surface area contributed by atoms with Gasteiger partial charge in [-0.05, 0) is 48.9 Å². The van der Waals surface area contributed by atoms with Crippen molar-refractivity contribution in [3.05, 3.63) is 64.7 Å². The molecule has 0 aromatic heterocycles. The minimum Gasteiger partial charge on any atom is -0.491 e. The molecule has 1 atom stereocenters. The first-order chi connectivity index (χ1) is 15.8. The van der Waals surface area contributed by atoms with Crippen LogP contribution in [0.1, 0.15) is 30.0 Å². The van der Waals surface area contributed by atoms with Gasteiger partial charge in [-0.3, -0.25) is 4.79 Å². The van der Waals surface area contributed by atoms with Crippen molar-refractivity contribution in [3.8, 4) is 11.5 Å². The monoisotopic (exact) mass is 488 g/mol. The Morgan fingerprint density at radius 1 is 0.971 bits per heavy atom. The van der Waals surface area contributed by atoms with Crippen molar-refractivity contribution in [1.29, 1.82) is 0 Å². The molecule has 1 heterocycles. The standard InChI is InChI=1S/C23H18F6O5/c1-3-12-11-33-20(18(19(12)30)21(31)32-2)13-4-6-16(7-5-13)34-17-9-14(22(24,25)26)8-15(10-17)23(27,28)29/h4-10,12H,3,11H2,1-2H3. The van der Waals surface area contributed by atoms with Crippen molar-refractivity contribution in [1.82, 2.24) is 0 Å². The van der Waals surface area contributed by atoms with Crippen LogP contribution in [0.25, 0.3) is 5.76 Å². The van der Waals surface area contributed by atoms with Crippen LogP contribution in [0, 0.1) is 5.92 Å². The number of benzene rings is 2. The normalized spacial score (nSPS) is 16.8. The van der Waals surface area contributed by atoms with E-state index in [0.717, 1.165) is 7.11 Å². The van der Waals surface area contributed by atoms with Crippen molar-refractivity contribution < 1.29 is 50.1 Å². The zero-order chi connectivity index (χ0) is 25.3. The van der Waals surface area contributed by atoms with Gasteiger partial charge in [0.1, 0.15) is 22.8 Å². The summed E-state index contributed by atoms with van der Waals surface area (Å²) in [4.78, 5) is 24.8. The number of carbonyl (C=O) groups excluding carboxylic acids is 2. The molecule has 2 aromatic rings. The van der Waals surface area contributed by atoms with Gasteiger partial charge in [-0.15, -0.1) is 0 Å². The number of rotatable bonds is 5. The van der Waals surface area contributed by atoms with Crippen molar-refractivity contribution >= 4 is 17.5 Å². The van der Waals surface area contributed by atoms with E-state index in [4.69, 9.17) is 9.47 Å². The molecule has 11 heteroatoms. The predicted octanol–water partition coefficient (Wildman–Crippen LogP) is 6.03. The Morgan fingerprint density at radius 3 is 2.00 bits per heavy atom. The second-order valence-corrected chi connectivity index (χ2v) is 7.34. The Morgan fingerprint density at radius 2 is 1.53 bits per heavy atom. The lowest BCUT2D eigenvalue weighted by molar-refractivity contribution is -0.143. The molecule has 2 aromatic carbocycles. The van der Waals surface area contributed by atoms with Gasteiger partial charge in [0.05, 0.1) is 30.8 Å². The average molecular weight is 488 g/mol. The highest BCUT2D eigenvalue weighted by Gasteiger charge is 2.38. The first-order valence-corrected chi connectivity index (χ1v) is 9.92. The van der Waals surface area contributed by atoms with Crippen molar-refractivity contribution in [3.63, 3.8) is 0 Å². The van der Waals surface area contributed by atoms with Gasteiger partial charge in [-0.1, -0.05) is 6.92 Å². The lowest BCUT2D eigenvalue weighted by Gasteiger charge is -2.25. The Labute approximate surface area is 189 Å². The molecule has 0 saturated carbocycles. The van der Waals surface area contributed by atoms with Gasteiger partial charge in [0, 0.05) is 5.56 Å². The quantitative estimate of drug-likeness (QED) is 0.292. The van der Waals surface area contributed by atoms with Gasteiger partial charge in [0.2, 0.25) is 0 Å². The molecular weight excluding hydrogens is 470 g/mol. The molecule has 1 aliphatic rings. The first-order valence-electron chi connectivity index (χ1n) is 9.92. The number of Topliss-reactive ketones (excluding diaryl/α,β-unsaturated/α-hetero) is 1. The lowest BCUT2D eigenvalue weighted by Crippen LogP contribution is -2.31. The molecule has 0 radical (unpaired) electrons. The zero-order valence-corrected chi connectivity index (χ0v) is 17.8. The van der Waals surface area contributed by atoms with E-state index in [1.165, 1.54) is 24.3 Å². The maximum Gasteiger partial charge on any atom is 0.416 e. The van der Waals surface area contributed by atoms with E-state index in [1.54, 1.807) is 6.92 Å². The number of alkyl halides is 6. The number of ether oxygens (including phenoxy) is 3. The Hall–Kier alpha value is -3.50. The molecule has 0 N–H and O–H groups in total. The van der Waals surface area contributed by atoms with Gasteiger partial charge in [0.25, 0.3) is 0 Å². The third-order valence-electron chi connectivity index (χ3n) is 5.07. The van der Waals surface area contributed by atoms with E-state index in [2.05, 4.69) is 4.74 Å². The number of hydrogen-bond acceptors (Lipinski definition) is 5. The minimum atomic E-state index is -5.01. The molecule has 182 valence electrons. The summed E-state index contributed by atoms with van der Waals surface area (Å²) in [6.45, 7) is 1.80. The number of esters is 1. The molecule has 0 fully saturated rings. The van der Waals surface area contributed by atoms with E-state index in [-0.39, 0.29) is 35.3 Å². The second-order valence-electron chi connectivity index (χ2n) is 7.34. The van der Waals surface area contributed by atoms with Crippen molar-refractivity contribution in [2.45, 2.75) is 25.7 Å². The van der Waals surface area contributed by atoms with Crippen LogP contribution in [-0.4, -0.2) is 25.5 Å². The lowest BCUT2D eigenvalue weighted by atomic mass is 9.91. The Balaban J connectivity index is 1.95. The Bertz CT molecular complexity index is 1080. The largest absolute Gasteiger partial charge is 0.491 e. The number of carbonyl (C=O) groups is 2. The summed E-state index contributed by atoms with van der Waals surface area (Å²) in [6.07, 6.45) is -9.58. The smallest absolute Gasteiger partial charge is 0.416 e. The molecule has 0 spiro atoms. The van der Waals surface area contributed by atoms with Crippen molar-refractivity contribution in [2.24, 2.45) is 5.92 Å². The molecule has 1 aliphatic heterocycles. The van der Waals surface area contributed by atoms with Gasteiger partial charge in [-0.25, -0.2) is 4.79 Å². The van der Waals surface area contributed by atoms with Gasteiger partial charge >= 0.3 is 18.3 Å². The Kier molecular flexibility index (Phi) is 6.94. The van der Waals surface area contributed by atoms with Gasteiger partial charge < -0.3 is 14.2 Å². The molecule has 34 heavy (non-hydrogen) atoms. The summed E-state index contributed by atoms with van der Waals surface area (Å²) in [5.41, 5.74) is -3.03. The van der Waals surface area contributed by atoms with Gasteiger partial charge in [-0.2, -0.15) is 26.3 Å². The fourth-order valence-corrected chi connectivity index (χ4v) is 3.27. The zero-order valence-electron chi connectivity index (χ0n) is 17.8. The van der Waals surface area contributed by atoms with E-state index in [9.17, 15) is 35.9 Å². The average Bonchev–Trinajstić information content (AvgIpc) is 2.77. The summed E-state index contributed by atoms with van der Waals surface area (Å²) in [5.74, 6) is -2.64. The van der Waals surface area contributed by atoms with Gasteiger partial charge in [0.15, 0.2) is 5.78 Å². The molecule has 5 nitrogen and oxygen atoms in total. The van der Waals surface area contributed by atoms with Crippen LogP contribution >= 0.6 is 0 Å². The van der Waals surface area contributed by atoms with E-state index in [1.807, 2.05) is 0 Å². The van der Waals surface area contributed by atoms with Crippen LogP contribution in [0.2, 0.25) is 0 Å². The summed E-state index contributed by atoms with van der Waals surface area (Å²) >= 11 is 0. The van der Waals surface area contributed by atoms with Crippen LogP contribution in [0.4, 0.5) is 26.3 Å². The predicted molar refractivity (Wildman–Crippen MR) is 107 cm³/mol. The van der Waals surface area contributed by atoms with E-state index < -0.39 is 46.9 Å². The highest BCUT2D eigenvalue weighted by molar-refractivity contribution is 6.23. The van der Waals surface area contributed by atoms with Crippen LogP contribution in [0.5, 0.6) is 11.5 Å². The van der Waals surface area contributed by atoms with Crippen LogP contribution < -0.4 is 4.74 Å². The summed E-state index contributed by atoms with van der Waals surface area (Å²) in [5, 5.41) is 0. The van der Waals surface area contributed by atoms with Crippen molar-refractivity contribution in [2.75, 3.05) is 13.7 Å². The second kappa shape index (κ2) is 9.40. The first kappa shape index (κ1) is 25.1. The summed E-state index contributed by atoms with van der Waals surface area (Å²) in [7, 11) is 1.11. The molecule has 0 saturated heterocycles. The third-order valence-corrected chi connectivity index (χ3v) is 5.07. The molecule has 0 amide bonds. The maximum absolute atomic E-state index is 13.0. The number of methoxy groups -OCH3 is 1. The van der Waals surface area contributed by atoms with E-state index in [0.29, 0.717) is 18.6 Å². The molecule has 1 unspecified atom stereocenters. The van der Waals surface area contributed by atoms with Crippen LogP contribution in [0.15, 0.2) is 48.0 Å². The number of hydrogen-bond donors (Lipinski definition) is 0. The molecule has 0 aliphatic carbocycles. The topological polar surface area (TPSA) is 61.8 Å². The van der Waals surface area contributed by atoms with E-state index >= 15 is 0 Å². The summed E-state index contributed by atoms with van der Waals surface area (Å²) in [6, 6.07) is 6.12. The fraction of sp³-hybridized carbons (Fsp3) is 0.304. The van der Waals surface area contributed by atoms with Crippen LogP contribution in [-0.2, 0) is 31.4 Å². The fourth-order valence-electron chi connectivity index (χ4n) is 3.27.